The molecule has 0 N–H and O–H groups in total. The molecule has 0 aliphatic rings. The van der Waals surface area contributed by atoms with Gasteiger partial charge in [0.05, 0.1) is 0 Å². The summed E-state index contributed by atoms with van der Waals surface area (Å²) in [4.78, 5) is 0. The van der Waals surface area contributed by atoms with Gasteiger partial charge in [0.2, 0.25) is 0 Å². The van der Waals surface area contributed by atoms with Gasteiger partial charge in [-0.3, -0.25) is 0 Å². The maximum absolute atomic E-state index is 6.50. The van der Waals surface area contributed by atoms with Crippen LogP contribution in [0.2, 0.25) is 6.04 Å². The Morgan fingerprint density at radius 2 is 1.92 bits per heavy atom. The topological polar surface area (TPSA) is 0 Å². The van der Waals surface area contributed by atoms with Gasteiger partial charge in [0, 0.05) is 0 Å². The van der Waals surface area contributed by atoms with Crippen LogP contribution in [0.3, 0.4) is 0 Å². The van der Waals surface area contributed by atoms with Crippen LogP contribution in [0.1, 0.15) is 19.8 Å². The molecule has 0 spiro atoms. The second-order valence-electron chi connectivity index (χ2n) is 3.17. The maximum Gasteiger partial charge on any atom is 0.255 e. The SMILES string of the molecule is CCCC[Si](Cl)(Br)c1ccccc1. The molecular formula is C10H14BrClSi. The van der Waals surface area contributed by atoms with Gasteiger partial charge in [0.25, 0.3) is 6.00 Å². The van der Waals surface area contributed by atoms with E-state index in [1.54, 1.807) is 0 Å². The van der Waals surface area contributed by atoms with Crippen LogP contribution in [0.15, 0.2) is 30.3 Å². The third kappa shape index (κ3) is 3.45. The minimum Gasteiger partial charge on any atom is -0.146 e. The lowest BCUT2D eigenvalue weighted by Crippen LogP contribution is -2.35. The fourth-order valence-electron chi connectivity index (χ4n) is 1.23. The van der Waals surface area contributed by atoms with Crippen LogP contribution < -0.4 is 5.19 Å². The molecule has 0 radical (unpaired) electrons. The number of hydrogen-bond donors (Lipinski definition) is 0. The smallest absolute Gasteiger partial charge is 0.146 e. The van der Waals surface area contributed by atoms with E-state index in [0.717, 1.165) is 6.04 Å². The molecular weight excluding hydrogens is 264 g/mol. The van der Waals surface area contributed by atoms with E-state index in [-0.39, 0.29) is 0 Å². The highest BCUT2D eigenvalue weighted by Gasteiger charge is 2.28. The zero-order valence-corrected chi connectivity index (χ0v) is 11.1. The summed E-state index contributed by atoms with van der Waals surface area (Å²) in [6, 6.07) is 9.64. The number of unbranched alkanes of at least 4 members (excludes halogenated alkanes) is 1. The normalized spacial score (nSPS) is 15.3. The first kappa shape index (κ1) is 11.3. The molecule has 1 aromatic carbocycles. The van der Waals surface area contributed by atoms with E-state index in [1.807, 2.05) is 18.2 Å². The Labute approximate surface area is 93.6 Å². The number of hydrogen-bond acceptors (Lipinski definition) is 0. The highest BCUT2D eigenvalue weighted by atomic mass is 79.9. The summed E-state index contributed by atoms with van der Waals surface area (Å²) < 4.78 is 0. The van der Waals surface area contributed by atoms with Gasteiger partial charge in [-0.05, 0) is 11.2 Å². The van der Waals surface area contributed by atoms with Crippen molar-refractivity contribution in [2.24, 2.45) is 0 Å². The number of halogens is 2. The molecule has 1 unspecified atom stereocenters. The van der Waals surface area contributed by atoms with Gasteiger partial charge in [-0.25, -0.2) is 0 Å². The first-order valence-corrected chi connectivity index (χ1v) is 10.1. The Kier molecular flexibility index (Phi) is 4.49. The van der Waals surface area contributed by atoms with Crippen molar-refractivity contribution >= 4 is 37.6 Å². The molecule has 3 heteroatoms. The van der Waals surface area contributed by atoms with Crippen molar-refractivity contribution in [3.63, 3.8) is 0 Å². The lowest BCUT2D eigenvalue weighted by Gasteiger charge is -2.16. The van der Waals surface area contributed by atoms with Gasteiger partial charge < -0.3 is 0 Å². The van der Waals surface area contributed by atoms with Crippen molar-refractivity contribution in [1.29, 1.82) is 0 Å². The van der Waals surface area contributed by atoms with Crippen molar-refractivity contribution in [3.8, 4) is 0 Å². The average Bonchev–Trinajstić information content (AvgIpc) is 2.16. The van der Waals surface area contributed by atoms with E-state index in [9.17, 15) is 0 Å². The number of benzene rings is 1. The first-order chi connectivity index (χ1) is 6.17. The summed E-state index contributed by atoms with van der Waals surface area (Å²) in [5.41, 5.74) is 0. The van der Waals surface area contributed by atoms with Crippen LogP contribution in [-0.2, 0) is 0 Å². The molecule has 0 aliphatic carbocycles. The molecule has 0 nitrogen and oxygen atoms in total. The van der Waals surface area contributed by atoms with Crippen molar-refractivity contribution in [1.82, 2.24) is 0 Å². The minimum atomic E-state index is -1.82. The molecule has 0 aromatic heterocycles. The van der Waals surface area contributed by atoms with Crippen molar-refractivity contribution in [2.45, 2.75) is 25.8 Å². The number of rotatable bonds is 4. The average molecular weight is 278 g/mol. The monoisotopic (exact) mass is 276 g/mol. The lowest BCUT2D eigenvalue weighted by molar-refractivity contribution is 0.878. The Balaban J connectivity index is 2.69. The van der Waals surface area contributed by atoms with Gasteiger partial charge in [0.15, 0.2) is 0 Å². The highest BCUT2D eigenvalue weighted by Crippen LogP contribution is 2.24. The van der Waals surface area contributed by atoms with Gasteiger partial charge >= 0.3 is 0 Å². The van der Waals surface area contributed by atoms with Crippen LogP contribution >= 0.6 is 26.4 Å². The fourth-order valence-corrected chi connectivity index (χ4v) is 5.40. The van der Waals surface area contributed by atoms with Crippen LogP contribution in [0.5, 0.6) is 0 Å². The highest BCUT2D eigenvalue weighted by molar-refractivity contribution is 9.28. The molecule has 0 saturated heterocycles. The van der Waals surface area contributed by atoms with Crippen molar-refractivity contribution < 1.29 is 0 Å². The van der Waals surface area contributed by atoms with Crippen molar-refractivity contribution in [2.75, 3.05) is 0 Å². The summed E-state index contributed by atoms with van der Waals surface area (Å²) in [6.07, 6.45) is 2.41. The molecule has 0 saturated carbocycles. The molecule has 0 fully saturated rings. The van der Waals surface area contributed by atoms with Crippen LogP contribution in [0, 0.1) is 0 Å². The summed E-state index contributed by atoms with van der Waals surface area (Å²) >= 11 is 10.2. The maximum atomic E-state index is 6.50. The summed E-state index contributed by atoms with van der Waals surface area (Å²) in [5, 5.41) is 1.28. The zero-order valence-electron chi connectivity index (χ0n) is 7.76. The Hall–Kier alpha value is 0.207. The van der Waals surface area contributed by atoms with Gasteiger partial charge in [0.1, 0.15) is 0 Å². The molecule has 1 atom stereocenters. The standard InChI is InChI=1S/C10H14BrClSi/c1-2-3-9-13(11,12)10-7-5-4-6-8-10/h4-8H,2-3,9H2,1H3. The third-order valence-electron chi connectivity index (χ3n) is 2.04. The molecule has 72 valence electrons. The Morgan fingerprint density at radius 3 is 2.46 bits per heavy atom. The predicted molar refractivity (Wildman–Crippen MR) is 66.3 cm³/mol. The lowest BCUT2D eigenvalue weighted by atomic mass is 10.4. The molecule has 0 bridgehead atoms. The van der Waals surface area contributed by atoms with E-state index in [2.05, 4.69) is 34.3 Å². The zero-order chi connectivity index (χ0) is 9.73. The summed E-state index contributed by atoms with van der Waals surface area (Å²) in [6.45, 7) is 2.19. The summed E-state index contributed by atoms with van der Waals surface area (Å²) in [5.74, 6) is 0. The molecule has 1 rings (SSSR count). The minimum absolute atomic E-state index is 1.11. The fraction of sp³-hybridized carbons (Fsp3) is 0.400. The second kappa shape index (κ2) is 5.18. The predicted octanol–water partition coefficient (Wildman–Crippen LogP) is 3.77. The van der Waals surface area contributed by atoms with Gasteiger partial charge in [-0.15, -0.1) is 11.1 Å². The molecule has 1 aromatic rings. The van der Waals surface area contributed by atoms with E-state index in [0.29, 0.717) is 0 Å². The van der Waals surface area contributed by atoms with E-state index in [1.165, 1.54) is 18.0 Å². The van der Waals surface area contributed by atoms with Crippen LogP contribution in [-0.4, -0.2) is 6.00 Å². The van der Waals surface area contributed by atoms with E-state index in [4.69, 9.17) is 11.1 Å². The molecule has 0 aliphatic heterocycles. The molecule has 0 heterocycles. The largest absolute Gasteiger partial charge is 0.255 e. The van der Waals surface area contributed by atoms with Crippen molar-refractivity contribution in [3.05, 3.63) is 30.3 Å². The first-order valence-electron chi connectivity index (χ1n) is 4.60. The van der Waals surface area contributed by atoms with Gasteiger partial charge in [-0.2, -0.15) is 0 Å². The van der Waals surface area contributed by atoms with E-state index >= 15 is 0 Å². The Morgan fingerprint density at radius 1 is 1.31 bits per heavy atom. The molecule has 13 heavy (non-hydrogen) atoms. The second-order valence-corrected chi connectivity index (χ2v) is 13.0. The third-order valence-corrected chi connectivity index (χ3v) is 7.98. The quantitative estimate of drug-likeness (QED) is 0.580. The van der Waals surface area contributed by atoms with Crippen LogP contribution in [0.4, 0.5) is 0 Å². The van der Waals surface area contributed by atoms with E-state index < -0.39 is 6.00 Å². The van der Waals surface area contributed by atoms with Gasteiger partial charge in [-0.1, -0.05) is 65.4 Å². The summed E-state index contributed by atoms with van der Waals surface area (Å²) in [7, 11) is 0. The Bertz CT molecular complexity index is 248. The van der Waals surface area contributed by atoms with Crippen LogP contribution in [0.25, 0.3) is 0 Å². The molecule has 0 amide bonds.